The summed E-state index contributed by atoms with van der Waals surface area (Å²) in [7, 11) is 0. The van der Waals surface area contributed by atoms with Crippen molar-refractivity contribution in [1.29, 1.82) is 0 Å². The van der Waals surface area contributed by atoms with Crippen molar-refractivity contribution >= 4 is 11.8 Å². The molecular weight excluding hydrogens is 304 g/mol. The SMILES string of the molecule is CCC(CC)(C(=O)N1CCN(C(=O)C(C)O)CC1)c1ccccc1. The molecule has 1 saturated heterocycles. The molecule has 0 bridgehead atoms. The Balaban J connectivity index is 2.14. The highest BCUT2D eigenvalue weighted by Gasteiger charge is 2.40. The average Bonchev–Trinajstić information content (AvgIpc) is 2.63. The predicted molar refractivity (Wildman–Crippen MR) is 93.5 cm³/mol. The molecule has 1 aromatic rings. The molecule has 5 nitrogen and oxygen atoms in total. The Bertz CT molecular complexity index is 559. The summed E-state index contributed by atoms with van der Waals surface area (Å²) in [5, 5.41) is 9.43. The average molecular weight is 332 g/mol. The number of nitrogens with zero attached hydrogens (tertiary/aromatic N) is 2. The topological polar surface area (TPSA) is 60.9 Å². The van der Waals surface area contributed by atoms with Gasteiger partial charge in [0.15, 0.2) is 0 Å². The molecule has 1 aliphatic heterocycles. The summed E-state index contributed by atoms with van der Waals surface area (Å²) in [6.45, 7) is 7.59. The largest absolute Gasteiger partial charge is 0.384 e. The lowest BCUT2D eigenvalue weighted by atomic mass is 9.74. The van der Waals surface area contributed by atoms with Gasteiger partial charge >= 0.3 is 0 Å². The first kappa shape index (κ1) is 18.5. The lowest BCUT2D eigenvalue weighted by molar-refractivity contribution is -0.147. The second-order valence-corrected chi connectivity index (χ2v) is 6.45. The fourth-order valence-corrected chi connectivity index (χ4v) is 3.54. The molecule has 1 N–H and O–H groups in total. The van der Waals surface area contributed by atoms with Gasteiger partial charge in [-0.3, -0.25) is 9.59 Å². The fraction of sp³-hybridized carbons (Fsp3) is 0.579. The quantitative estimate of drug-likeness (QED) is 0.894. The molecule has 1 heterocycles. The Kier molecular flexibility index (Phi) is 5.99. The minimum Gasteiger partial charge on any atom is -0.384 e. The molecule has 0 saturated carbocycles. The molecule has 1 aromatic carbocycles. The van der Waals surface area contributed by atoms with Crippen LogP contribution in [0.4, 0.5) is 0 Å². The highest BCUT2D eigenvalue weighted by Crippen LogP contribution is 2.34. The zero-order chi connectivity index (χ0) is 17.7. The molecule has 132 valence electrons. The Morgan fingerprint density at radius 2 is 1.54 bits per heavy atom. The first-order valence-electron chi connectivity index (χ1n) is 8.78. The number of carbonyl (C=O) groups is 2. The van der Waals surface area contributed by atoms with E-state index in [-0.39, 0.29) is 11.8 Å². The van der Waals surface area contributed by atoms with Crippen LogP contribution in [0.25, 0.3) is 0 Å². The van der Waals surface area contributed by atoms with Gasteiger partial charge in [0.25, 0.3) is 5.91 Å². The van der Waals surface area contributed by atoms with Crippen LogP contribution >= 0.6 is 0 Å². The molecule has 1 unspecified atom stereocenters. The maximum Gasteiger partial charge on any atom is 0.251 e. The van der Waals surface area contributed by atoms with E-state index in [0.717, 1.165) is 18.4 Å². The molecular formula is C19H28N2O3. The van der Waals surface area contributed by atoms with E-state index in [9.17, 15) is 14.7 Å². The number of benzene rings is 1. The van der Waals surface area contributed by atoms with Gasteiger partial charge in [-0.15, -0.1) is 0 Å². The predicted octanol–water partition coefficient (Wildman–Crippen LogP) is 1.80. The van der Waals surface area contributed by atoms with Gasteiger partial charge in [0, 0.05) is 26.2 Å². The Labute approximate surface area is 144 Å². The molecule has 1 fully saturated rings. The van der Waals surface area contributed by atoms with Crippen LogP contribution in [0.5, 0.6) is 0 Å². The number of amides is 2. The van der Waals surface area contributed by atoms with E-state index in [4.69, 9.17) is 0 Å². The molecule has 2 amide bonds. The molecule has 5 heteroatoms. The van der Waals surface area contributed by atoms with E-state index in [1.807, 2.05) is 35.2 Å². The van der Waals surface area contributed by atoms with Gasteiger partial charge < -0.3 is 14.9 Å². The molecule has 0 aliphatic carbocycles. The van der Waals surface area contributed by atoms with Gasteiger partial charge in [-0.1, -0.05) is 44.2 Å². The summed E-state index contributed by atoms with van der Waals surface area (Å²) in [4.78, 5) is 28.6. The number of hydrogen-bond acceptors (Lipinski definition) is 3. The molecule has 1 atom stereocenters. The van der Waals surface area contributed by atoms with Crippen molar-refractivity contribution in [3.8, 4) is 0 Å². The first-order chi connectivity index (χ1) is 11.5. The van der Waals surface area contributed by atoms with Gasteiger partial charge in [0.2, 0.25) is 5.91 Å². The second-order valence-electron chi connectivity index (χ2n) is 6.45. The van der Waals surface area contributed by atoms with Crippen molar-refractivity contribution in [1.82, 2.24) is 9.80 Å². The van der Waals surface area contributed by atoms with Gasteiger partial charge in [0.05, 0.1) is 5.41 Å². The summed E-state index contributed by atoms with van der Waals surface area (Å²) >= 11 is 0. The van der Waals surface area contributed by atoms with Crippen LogP contribution in [-0.2, 0) is 15.0 Å². The number of aliphatic hydroxyl groups excluding tert-OH is 1. The maximum absolute atomic E-state index is 13.3. The van der Waals surface area contributed by atoms with E-state index < -0.39 is 11.5 Å². The summed E-state index contributed by atoms with van der Waals surface area (Å²) in [5.74, 6) is -0.120. The molecule has 0 radical (unpaired) electrons. The second kappa shape index (κ2) is 7.79. The van der Waals surface area contributed by atoms with E-state index in [1.54, 1.807) is 4.90 Å². The van der Waals surface area contributed by atoms with E-state index in [0.29, 0.717) is 26.2 Å². The van der Waals surface area contributed by atoms with E-state index in [1.165, 1.54) is 6.92 Å². The van der Waals surface area contributed by atoms with Crippen molar-refractivity contribution in [2.75, 3.05) is 26.2 Å². The first-order valence-corrected chi connectivity index (χ1v) is 8.78. The summed E-state index contributed by atoms with van der Waals surface area (Å²) in [6, 6.07) is 9.96. The van der Waals surface area contributed by atoms with Crippen LogP contribution < -0.4 is 0 Å². The Morgan fingerprint density at radius 1 is 1.04 bits per heavy atom. The van der Waals surface area contributed by atoms with Crippen LogP contribution in [0.2, 0.25) is 0 Å². The minimum absolute atomic E-state index is 0.142. The highest BCUT2D eigenvalue weighted by molar-refractivity contribution is 5.88. The summed E-state index contributed by atoms with van der Waals surface area (Å²) in [6.07, 6.45) is 0.514. The zero-order valence-electron chi connectivity index (χ0n) is 14.9. The lowest BCUT2D eigenvalue weighted by Gasteiger charge is -2.41. The third kappa shape index (κ3) is 3.46. The van der Waals surface area contributed by atoms with Crippen LogP contribution in [0.15, 0.2) is 30.3 Å². The Morgan fingerprint density at radius 3 is 2.00 bits per heavy atom. The summed E-state index contributed by atoms with van der Waals surface area (Å²) in [5.41, 5.74) is 0.556. The maximum atomic E-state index is 13.3. The van der Waals surface area contributed by atoms with Crippen molar-refractivity contribution in [2.45, 2.75) is 45.1 Å². The smallest absolute Gasteiger partial charge is 0.251 e. The Hall–Kier alpha value is -1.88. The normalized spacial score (nSPS) is 16.8. The number of aliphatic hydroxyl groups is 1. The number of hydrogen-bond donors (Lipinski definition) is 1. The summed E-state index contributed by atoms with van der Waals surface area (Å²) < 4.78 is 0. The van der Waals surface area contributed by atoms with Gasteiger partial charge in [-0.2, -0.15) is 0 Å². The van der Waals surface area contributed by atoms with Crippen molar-refractivity contribution < 1.29 is 14.7 Å². The number of rotatable bonds is 5. The van der Waals surface area contributed by atoms with Crippen LogP contribution in [0.1, 0.15) is 39.2 Å². The van der Waals surface area contributed by atoms with Crippen LogP contribution in [0, 0.1) is 0 Å². The zero-order valence-corrected chi connectivity index (χ0v) is 14.9. The molecule has 24 heavy (non-hydrogen) atoms. The highest BCUT2D eigenvalue weighted by atomic mass is 16.3. The number of piperazine rings is 1. The van der Waals surface area contributed by atoms with Crippen molar-refractivity contribution in [3.05, 3.63) is 35.9 Å². The van der Waals surface area contributed by atoms with Crippen molar-refractivity contribution in [2.24, 2.45) is 0 Å². The van der Waals surface area contributed by atoms with Crippen LogP contribution in [-0.4, -0.2) is 59.0 Å². The van der Waals surface area contributed by atoms with Crippen molar-refractivity contribution in [3.63, 3.8) is 0 Å². The van der Waals surface area contributed by atoms with Gasteiger partial charge in [-0.25, -0.2) is 0 Å². The minimum atomic E-state index is -0.984. The standard InChI is InChI=1S/C19H28N2O3/c1-4-19(5-2,16-9-7-6-8-10-16)18(24)21-13-11-20(12-14-21)17(23)15(3)22/h6-10,15,22H,4-5,11-14H2,1-3H3. The third-order valence-corrected chi connectivity index (χ3v) is 5.18. The monoisotopic (exact) mass is 332 g/mol. The lowest BCUT2D eigenvalue weighted by Crippen LogP contribution is -2.56. The molecule has 0 spiro atoms. The van der Waals surface area contributed by atoms with Gasteiger partial charge in [-0.05, 0) is 25.3 Å². The van der Waals surface area contributed by atoms with Crippen LogP contribution in [0.3, 0.4) is 0 Å². The molecule has 0 aromatic heterocycles. The third-order valence-electron chi connectivity index (χ3n) is 5.18. The van der Waals surface area contributed by atoms with Gasteiger partial charge in [0.1, 0.15) is 6.10 Å². The molecule has 2 rings (SSSR count). The van der Waals surface area contributed by atoms with E-state index in [2.05, 4.69) is 13.8 Å². The van der Waals surface area contributed by atoms with E-state index >= 15 is 0 Å². The molecule has 1 aliphatic rings. The number of carbonyl (C=O) groups excluding carboxylic acids is 2. The fourth-order valence-electron chi connectivity index (χ4n) is 3.54.